The van der Waals surface area contributed by atoms with Crippen molar-refractivity contribution in [3.63, 3.8) is 0 Å². The number of fused-ring (bicyclic) bond motifs is 4. The monoisotopic (exact) mass is 1090 g/mol. The van der Waals surface area contributed by atoms with Crippen LogP contribution >= 0.6 is 0 Å². The molecule has 3 aromatic heterocycles. The Bertz CT molecular complexity index is 3680. The maximum Gasteiger partial charge on any atom is 0.121 e. The number of hydrogen-bond acceptors (Lipinski definition) is 4. The second-order valence-electron chi connectivity index (χ2n) is 19.3. The summed E-state index contributed by atoms with van der Waals surface area (Å²) >= 11 is 0. The van der Waals surface area contributed by atoms with Crippen molar-refractivity contribution in [2.45, 2.75) is 72.6 Å². The summed E-state index contributed by atoms with van der Waals surface area (Å²) in [7, 11) is 0. The molecule has 0 aliphatic carbocycles. The molecule has 6 heteroatoms. The third-order valence-electron chi connectivity index (χ3n) is 12.9. The quantitative estimate of drug-likeness (QED) is 0.142. The van der Waals surface area contributed by atoms with Crippen molar-refractivity contribution in [2.24, 2.45) is 0 Å². The van der Waals surface area contributed by atoms with Crippen molar-refractivity contribution in [2.75, 3.05) is 0 Å². The Morgan fingerprint density at radius 1 is 0.614 bits per heavy atom. The summed E-state index contributed by atoms with van der Waals surface area (Å²) in [5.74, 6) is 1.94. The van der Waals surface area contributed by atoms with Crippen molar-refractivity contribution in [1.82, 2.24) is 19.5 Å². The van der Waals surface area contributed by atoms with Gasteiger partial charge >= 0.3 is 0 Å². The van der Waals surface area contributed by atoms with E-state index in [4.69, 9.17) is 13.5 Å². The summed E-state index contributed by atoms with van der Waals surface area (Å²) in [5, 5.41) is 2.15. The fourth-order valence-corrected chi connectivity index (χ4v) is 9.09. The zero-order valence-corrected chi connectivity index (χ0v) is 42.9. The first-order chi connectivity index (χ1) is 34.6. The molecule has 0 unspecified atom stereocenters. The number of para-hydroxylation sites is 2. The number of furan rings is 1. The predicted octanol–water partition coefficient (Wildman–Crippen LogP) is 17.2. The third-order valence-corrected chi connectivity index (χ3v) is 12.9. The van der Waals surface area contributed by atoms with E-state index in [9.17, 15) is 0 Å². The normalized spacial score (nSPS) is 12.4. The largest absolute Gasteiger partial charge is 0.501 e. The zero-order valence-electron chi connectivity index (χ0n) is 43.5. The van der Waals surface area contributed by atoms with Gasteiger partial charge in [0, 0.05) is 47.7 Å². The van der Waals surface area contributed by atoms with Crippen molar-refractivity contribution in [3.8, 4) is 61.8 Å². The first-order valence-corrected chi connectivity index (χ1v) is 23.7. The fraction of sp³-hybridized carbons (Fsp3) is 0.172. The Hall–Kier alpha value is -7.24. The molecule has 0 saturated carbocycles. The number of imidazole rings is 1. The van der Waals surface area contributed by atoms with Gasteiger partial charge in [-0.25, -0.2) is 0 Å². The van der Waals surface area contributed by atoms with Crippen molar-refractivity contribution in [1.29, 1.82) is 0 Å². The average molecular weight is 1090 g/mol. The Balaban J connectivity index is 0.000000207. The molecule has 0 aliphatic heterocycles. The number of rotatable bonds is 8. The van der Waals surface area contributed by atoms with E-state index in [2.05, 4.69) is 190 Å². The summed E-state index contributed by atoms with van der Waals surface area (Å²) in [6.07, 6.45) is 3.63. The van der Waals surface area contributed by atoms with Crippen LogP contribution in [0.15, 0.2) is 187 Å². The Kier molecular flexibility index (Phi) is 12.6. The molecule has 0 N–H and O–H groups in total. The maximum atomic E-state index is 7.82. The van der Waals surface area contributed by atoms with Crippen LogP contribution in [0.2, 0.25) is 0 Å². The molecule has 11 rings (SSSR count). The van der Waals surface area contributed by atoms with Crippen LogP contribution in [0.4, 0.5) is 0 Å². The van der Waals surface area contributed by atoms with Gasteiger partial charge in [0.1, 0.15) is 5.58 Å². The molecule has 0 bridgehead atoms. The van der Waals surface area contributed by atoms with Crippen LogP contribution in [-0.4, -0.2) is 19.5 Å². The van der Waals surface area contributed by atoms with Gasteiger partial charge in [-0.15, -0.1) is 47.5 Å². The zero-order chi connectivity index (χ0) is 50.3. The summed E-state index contributed by atoms with van der Waals surface area (Å²) in [5.41, 5.74) is 16.6. The van der Waals surface area contributed by atoms with Gasteiger partial charge in [-0.3, -0.25) is 15.0 Å². The van der Waals surface area contributed by atoms with E-state index in [0.29, 0.717) is 17.0 Å². The van der Waals surface area contributed by atoms with E-state index in [1.807, 2.05) is 60.9 Å². The van der Waals surface area contributed by atoms with Gasteiger partial charge in [0.15, 0.2) is 0 Å². The smallest absolute Gasteiger partial charge is 0.121 e. The molecule has 5 nitrogen and oxygen atoms in total. The van der Waals surface area contributed by atoms with Crippen LogP contribution in [0.5, 0.6) is 0 Å². The third kappa shape index (κ3) is 9.42. The van der Waals surface area contributed by atoms with E-state index in [0.717, 1.165) is 61.1 Å². The molecule has 1 radical (unpaired) electrons. The summed E-state index contributed by atoms with van der Waals surface area (Å²) in [4.78, 5) is 14.2. The standard InChI is InChI=1S/C43H35N2O.C21H21N2.Ir/c1-27(2)36-24-32(30-16-9-6-10-17-30)25-37(28(3)4)41(36)45-39-21-12-11-20-38(39)44-43(45)35-19-13-18-34-33-23-22-31(26-40(33)46-42(34)35)29-14-7-5-8-15-29;1-15-10-11-17(12-19(15)16-8-6-5-7-9-16)20-22-13-18(14-23-20)21(2,3)4;/h5-18,20-28H,1-4H3;5-10,12-14H,1-4H3;/q2*-1;/i;1D3;. The van der Waals surface area contributed by atoms with E-state index in [1.165, 1.54) is 39.6 Å². The number of nitrogens with zero attached hydrogens (tertiary/aromatic N) is 4. The Morgan fingerprint density at radius 3 is 1.83 bits per heavy atom. The molecule has 70 heavy (non-hydrogen) atoms. The molecule has 0 amide bonds. The second-order valence-corrected chi connectivity index (χ2v) is 19.3. The summed E-state index contributed by atoms with van der Waals surface area (Å²) < 4.78 is 32.5. The second kappa shape index (κ2) is 20.0. The van der Waals surface area contributed by atoms with Gasteiger partial charge in [0.25, 0.3) is 0 Å². The van der Waals surface area contributed by atoms with Gasteiger partial charge < -0.3 is 8.98 Å². The van der Waals surface area contributed by atoms with E-state index in [1.54, 1.807) is 0 Å². The van der Waals surface area contributed by atoms with Gasteiger partial charge in [-0.2, -0.15) is 0 Å². The summed E-state index contributed by atoms with van der Waals surface area (Å²) in [6.45, 7) is 13.2. The number of aromatic nitrogens is 4. The Labute approximate surface area is 429 Å². The summed E-state index contributed by atoms with van der Waals surface area (Å²) in [6, 6.07) is 64.4. The van der Waals surface area contributed by atoms with Crippen LogP contribution in [0.1, 0.15) is 86.7 Å². The molecule has 0 atom stereocenters. The van der Waals surface area contributed by atoms with Crippen LogP contribution in [0.3, 0.4) is 0 Å². The molecule has 0 saturated heterocycles. The number of benzene rings is 8. The van der Waals surface area contributed by atoms with Crippen molar-refractivity contribution >= 4 is 33.0 Å². The Morgan fingerprint density at radius 2 is 1.21 bits per heavy atom. The van der Waals surface area contributed by atoms with Crippen LogP contribution in [0, 0.1) is 19.0 Å². The molecular weight excluding hydrogens is 1030 g/mol. The van der Waals surface area contributed by atoms with E-state index in [-0.39, 0.29) is 42.9 Å². The molecule has 11 aromatic rings. The molecule has 3 heterocycles. The number of hydrogen-bond donors (Lipinski definition) is 0. The molecule has 0 aliphatic rings. The van der Waals surface area contributed by atoms with Crippen molar-refractivity contribution in [3.05, 3.63) is 217 Å². The van der Waals surface area contributed by atoms with E-state index < -0.39 is 6.85 Å². The first kappa shape index (κ1) is 44.0. The maximum absolute atomic E-state index is 7.82. The van der Waals surface area contributed by atoms with Gasteiger partial charge in [-0.1, -0.05) is 187 Å². The van der Waals surface area contributed by atoms with Gasteiger partial charge in [0.05, 0.1) is 28.3 Å². The molecule has 0 spiro atoms. The molecule has 8 aromatic carbocycles. The topological polar surface area (TPSA) is 56.7 Å². The van der Waals surface area contributed by atoms with Gasteiger partial charge in [0.2, 0.25) is 0 Å². The number of aryl methyl sites for hydroxylation is 1. The van der Waals surface area contributed by atoms with Gasteiger partial charge in [-0.05, 0) is 92.1 Å². The first-order valence-electron chi connectivity index (χ1n) is 25.2. The average Bonchev–Trinajstić information content (AvgIpc) is 3.97. The fourth-order valence-electron chi connectivity index (χ4n) is 9.09. The van der Waals surface area contributed by atoms with Crippen LogP contribution < -0.4 is 0 Å². The van der Waals surface area contributed by atoms with Crippen LogP contribution in [0.25, 0.3) is 94.8 Å². The molecule has 0 fully saturated rings. The molecular formula is C64H56IrN4O-2. The van der Waals surface area contributed by atoms with Crippen LogP contribution in [-0.2, 0) is 25.5 Å². The minimum absolute atomic E-state index is 0. The predicted molar refractivity (Wildman–Crippen MR) is 287 cm³/mol. The minimum Gasteiger partial charge on any atom is -0.501 e. The van der Waals surface area contributed by atoms with Crippen molar-refractivity contribution < 1.29 is 28.6 Å². The SMILES string of the molecule is CC(C)c1cc(-c2ccccc2)cc(C(C)C)c1-n1c(-c2[c-]ccc3c2oc2cc(-c4ccccc4)ccc23)nc2ccccc21.[2H]C([2H])([2H])c1c[c-]c(-c2ncc(C(C)(C)C)cn2)cc1-c1ccccc1.[Ir]. The molecule has 349 valence electrons. The minimum atomic E-state index is -2.21. The van der Waals surface area contributed by atoms with E-state index >= 15 is 0 Å².